The van der Waals surface area contributed by atoms with Crippen LogP contribution in [0, 0.1) is 5.92 Å². The van der Waals surface area contributed by atoms with Crippen molar-refractivity contribution in [3.8, 4) is 0 Å². The average Bonchev–Trinajstić information content (AvgIpc) is 3.00. The Morgan fingerprint density at radius 3 is 3.00 bits per heavy atom. The number of aliphatic hydroxyl groups is 1. The third-order valence-electron chi connectivity index (χ3n) is 4.42. The molecule has 0 aromatic carbocycles. The summed E-state index contributed by atoms with van der Waals surface area (Å²) in [6.07, 6.45) is 3.29. The lowest BCUT2D eigenvalue weighted by molar-refractivity contribution is -0.151. The molecule has 0 aliphatic carbocycles. The molecule has 0 unspecified atom stereocenters. The number of nitrogens with one attached hydrogen (secondary N) is 1. The van der Waals surface area contributed by atoms with E-state index in [-0.39, 0.29) is 23.2 Å². The highest BCUT2D eigenvalue weighted by Gasteiger charge is 2.52. The van der Waals surface area contributed by atoms with Gasteiger partial charge in [-0.05, 0) is 26.7 Å². The van der Waals surface area contributed by atoms with Gasteiger partial charge >= 0.3 is 6.03 Å². The van der Waals surface area contributed by atoms with Gasteiger partial charge in [0.1, 0.15) is 5.37 Å². The number of β-lactam (4-membered cyclic amide) rings is 1. The van der Waals surface area contributed by atoms with Crippen LogP contribution in [0.1, 0.15) is 26.7 Å². The summed E-state index contributed by atoms with van der Waals surface area (Å²) in [4.78, 5) is 28.4. The fraction of sp³-hybridized carbons (Fsp3) is 0.714. The minimum Gasteiger partial charge on any atom is -0.392 e. The van der Waals surface area contributed by atoms with E-state index in [9.17, 15) is 14.7 Å². The zero-order chi connectivity index (χ0) is 15.1. The van der Waals surface area contributed by atoms with E-state index in [1.54, 1.807) is 29.8 Å². The van der Waals surface area contributed by atoms with Crippen molar-refractivity contribution in [3.05, 3.63) is 11.1 Å². The Balaban J connectivity index is 1.52. The van der Waals surface area contributed by atoms with Gasteiger partial charge in [0, 0.05) is 23.7 Å². The SMILES string of the molecule is C[C@@H]1CCCN1C(=O)NCC1=CN2C(=O)[C@H]([C@@H](C)O)[C@H]2S1. The summed E-state index contributed by atoms with van der Waals surface area (Å²) in [5.41, 5.74) is 0. The van der Waals surface area contributed by atoms with Gasteiger partial charge in [-0.15, -0.1) is 11.8 Å². The number of thioether (sulfide) groups is 1. The molecule has 3 amide bonds. The first-order valence-corrected chi connectivity index (χ1v) is 8.29. The summed E-state index contributed by atoms with van der Waals surface area (Å²) >= 11 is 1.56. The maximum atomic E-state index is 12.1. The van der Waals surface area contributed by atoms with E-state index in [0.717, 1.165) is 24.3 Å². The van der Waals surface area contributed by atoms with E-state index in [1.807, 2.05) is 4.90 Å². The molecule has 7 heteroatoms. The summed E-state index contributed by atoms with van der Waals surface area (Å²) in [5, 5.41) is 12.5. The first-order valence-electron chi connectivity index (χ1n) is 7.41. The van der Waals surface area contributed by atoms with Crippen LogP contribution in [0.5, 0.6) is 0 Å². The number of aliphatic hydroxyl groups excluding tert-OH is 1. The lowest BCUT2D eigenvalue weighted by Gasteiger charge is -2.42. The Labute approximate surface area is 128 Å². The second-order valence-electron chi connectivity index (χ2n) is 5.96. The van der Waals surface area contributed by atoms with E-state index in [0.29, 0.717) is 12.6 Å². The number of likely N-dealkylation sites (tertiary alicyclic amines) is 1. The van der Waals surface area contributed by atoms with Gasteiger partial charge in [0.25, 0.3) is 0 Å². The predicted molar refractivity (Wildman–Crippen MR) is 80.3 cm³/mol. The van der Waals surface area contributed by atoms with Crippen LogP contribution in [0.2, 0.25) is 0 Å². The van der Waals surface area contributed by atoms with Gasteiger partial charge < -0.3 is 20.2 Å². The summed E-state index contributed by atoms with van der Waals surface area (Å²) in [5.74, 6) is -0.352. The molecule has 0 bridgehead atoms. The Kier molecular flexibility index (Phi) is 3.88. The minimum absolute atomic E-state index is 0.00453. The number of amides is 3. The largest absolute Gasteiger partial charge is 0.392 e. The van der Waals surface area contributed by atoms with Gasteiger partial charge in [-0.3, -0.25) is 4.79 Å². The highest BCUT2D eigenvalue weighted by atomic mass is 32.2. The Hall–Kier alpha value is -1.21. The van der Waals surface area contributed by atoms with Gasteiger partial charge in [0.05, 0.1) is 18.6 Å². The van der Waals surface area contributed by atoms with Crippen molar-refractivity contribution >= 4 is 23.7 Å². The number of carbonyl (C=O) groups excluding carboxylic acids is 2. The van der Waals surface area contributed by atoms with E-state index in [4.69, 9.17) is 0 Å². The van der Waals surface area contributed by atoms with Crippen molar-refractivity contribution in [1.29, 1.82) is 0 Å². The third kappa shape index (κ3) is 2.53. The van der Waals surface area contributed by atoms with Crippen LogP contribution in [0.25, 0.3) is 0 Å². The van der Waals surface area contributed by atoms with Crippen molar-refractivity contribution < 1.29 is 14.7 Å². The lowest BCUT2D eigenvalue weighted by atomic mass is 9.93. The number of hydrogen-bond acceptors (Lipinski definition) is 4. The Bertz CT molecular complexity index is 494. The van der Waals surface area contributed by atoms with Gasteiger partial charge in [0.15, 0.2) is 0 Å². The molecule has 2 N–H and O–H groups in total. The molecule has 3 heterocycles. The summed E-state index contributed by atoms with van der Waals surface area (Å²) in [6.45, 7) is 4.97. The topological polar surface area (TPSA) is 72.9 Å². The number of carbonyl (C=O) groups is 2. The molecule has 0 aromatic heterocycles. The Morgan fingerprint density at radius 2 is 2.38 bits per heavy atom. The summed E-state index contributed by atoms with van der Waals surface area (Å²) in [7, 11) is 0. The van der Waals surface area contributed by atoms with Gasteiger partial charge in [0.2, 0.25) is 5.91 Å². The molecule has 6 nitrogen and oxygen atoms in total. The Morgan fingerprint density at radius 1 is 1.62 bits per heavy atom. The molecular formula is C14H21N3O3S. The molecule has 4 atom stereocenters. The third-order valence-corrected chi connectivity index (χ3v) is 5.74. The van der Waals surface area contributed by atoms with E-state index in [2.05, 4.69) is 12.2 Å². The standard InChI is InChI=1S/C14H21N3O3S/c1-8-4-3-5-16(8)14(20)15-6-10-7-17-12(19)11(9(2)18)13(17)21-10/h7-9,11,13,18H,3-6H2,1-2H3,(H,15,20)/t8-,9-,11+,13-/m1/s1. The summed E-state index contributed by atoms with van der Waals surface area (Å²) < 4.78 is 0. The molecule has 0 spiro atoms. The first-order chi connectivity index (χ1) is 9.99. The zero-order valence-corrected chi connectivity index (χ0v) is 13.1. The van der Waals surface area contributed by atoms with Crippen LogP contribution in [0.3, 0.4) is 0 Å². The normalized spacial score (nSPS) is 32.6. The van der Waals surface area contributed by atoms with Gasteiger partial charge in [-0.25, -0.2) is 4.79 Å². The molecule has 21 heavy (non-hydrogen) atoms. The number of urea groups is 1. The molecule has 116 valence electrons. The van der Waals surface area contributed by atoms with Crippen LogP contribution < -0.4 is 5.32 Å². The number of rotatable bonds is 3. The smallest absolute Gasteiger partial charge is 0.317 e. The number of nitrogens with zero attached hydrogens (tertiary/aromatic N) is 2. The molecule has 0 radical (unpaired) electrons. The number of hydrogen-bond donors (Lipinski definition) is 2. The van der Waals surface area contributed by atoms with Crippen molar-refractivity contribution in [2.24, 2.45) is 5.92 Å². The van der Waals surface area contributed by atoms with Crippen molar-refractivity contribution in [2.45, 2.75) is 44.2 Å². The van der Waals surface area contributed by atoms with E-state index >= 15 is 0 Å². The molecule has 3 aliphatic heterocycles. The zero-order valence-electron chi connectivity index (χ0n) is 12.3. The quantitative estimate of drug-likeness (QED) is 0.761. The second kappa shape index (κ2) is 5.53. The molecule has 2 fully saturated rings. The van der Waals surface area contributed by atoms with Crippen molar-refractivity contribution in [1.82, 2.24) is 15.1 Å². The monoisotopic (exact) mass is 311 g/mol. The van der Waals surface area contributed by atoms with Gasteiger partial charge in [-0.1, -0.05) is 0 Å². The summed E-state index contributed by atoms with van der Waals surface area (Å²) in [6, 6.07) is 0.269. The van der Waals surface area contributed by atoms with Gasteiger partial charge in [-0.2, -0.15) is 0 Å². The van der Waals surface area contributed by atoms with Crippen molar-refractivity contribution in [3.63, 3.8) is 0 Å². The second-order valence-corrected chi connectivity index (χ2v) is 7.20. The molecule has 0 aromatic rings. The van der Waals surface area contributed by atoms with Crippen LogP contribution in [0.15, 0.2) is 11.1 Å². The fourth-order valence-electron chi connectivity index (χ4n) is 3.15. The highest BCUT2D eigenvalue weighted by Crippen LogP contribution is 2.46. The van der Waals surface area contributed by atoms with Crippen LogP contribution in [-0.4, -0.2) is 57.5 Å². The molecule has 3 aliphatic rings. The van der Waals surface area contributed by atoms with E-state index in [1.165, 1.54) is 0 Å². The highest BCUT2D eigenvalue weighted by molar-refractivity contribution is 8.04. The maximum Gasteiger partial charge on any atom is 0.317 e. The van der Waals surface area contributed by atoms with Crippen LogP contribution in [0.4, 0.5) is 4.79 Å². The number of fused-ring (bicyclic) bond motifs is 1. The van der Waals surface area contributed by atoms with E-state index < -0.39 is 6.10 Å². The lowest BCUT2D eigenvalue weighted by Crippen LogP contribution is -2.58. The molecule has 2 saturated heterocycles. The maximum absolute atomic E-state index is 12.1. The molecular weight excluding hydrogens is 290 g/mol. The van der Waals surface area contributed by atoms with Crippen LogP contribution in [-0.2, 0) is 4.79 Å². The molecule has 0 saturated carbocycles. The molecule has 3 rings (SSSR count). The first kappa shape index (κ1) is 14.7. The average molecular weight is 311 g/mol. The minimum atomic E-state index is -0.626. The fourth-order valence-corrected chi connectivity index (χ4v) is 4.56. The predicted octanol–water partition coefficient (Wildman–Crippen LogP) is 0.934. The van der Waals surface area contributed by atoms with Crippen molar-refractivity contribution in [2.75, 3.05) is 13.1 Å². The van der Waals surface area contributed by atoms with Crippen LogP contribution >= 0.6 is 11.8 Å².